The van der Waals surface area contributed by atoms with Crippen molar-refractivity contribution in [2.24, 2.45) is 17.2 Å². The molecule has 1 atom stereocenters. The summed E-state index contributed by atoms with van der Waals surface area (Å²) in [5, 5.41) is 0. The molecule has 78 valence electrons. The summed E-state index contributed by atoms with van der Waals surface area (Å²) in [4.78, 5) is 0. The molecule has 0 saturated carbocycles. The molecule has 6 N–H and O–H groups in total. The van der Waals surface area contributed by atoms with Gasteiger partial charge >= 0.3 is 0 Å². The first kappa shape index (κ1) is 11.2. The Hall–Kier alpha value is -0.900. The largest absolute Gasteiger partial charge is 0.330 e. The summed E-state index contributed by atoms with van der Waals surface area (Å²) < 4.78 is 0. The fourth-order valence-electron chi connectivity index (χ4n) is 1.44. The number of benzene rings is 1. The molecule has 0 aliphatic carbocycles. The van der Waals surface area contributed by atoms with Crippen LogP contribution in [0.25, 0.3) is 0 Å². The van der Waals surface area contributed by atoms with Gasteiger partial charge in [-0.15, -0.1) is 0 Å². The van der Waals surface area contributed by atoms with Crippen LogP contribution in [0.2, 0.25) is 0 Å². The molecule has 3 heteroatoms. The maximum absolute atomic E-state index is 5.92. The summed E-state index contributed by atoms with van der Waals surface area (Å²) in [5.74, 6) is 0. The molecular weight excluding hydrogens is 174 g/mol. The maximum atomic E-state index is 5.92. The van der Waals surface area contributed by atoms with Crippen molar-refractivity contribution < 1.29 is 0 Å². The van der Waals surface area contributed by atoms with Crippen LogP contribution in [0.1, 0.15) is 23.6 Å². The van der Waals surface area contributed by atoms with Crippen LogP contribution >= 0.6 is 0 Å². The SMILES string of the molecule is NCCc1ccc(C(N)CCN)cc1. The van der Waals surface area contributed by atoms with Crippen molar-refractivity contribution in [2.45, 2.75) is 18.9 Å². The summed E-state index contributed by atoms with van der Waals surface area (Å²) in [7, 11) is 0. The molecule has 0 bridgehead atoms. The molecule has 14 heavy (non-hydrogen) atoms. The third kappa shape index (κ3) is 3.10. The predicted octanol–water partition coefficient (Wildman–Crippen LogP) is 0.536. The van der Waals surface area contributed by atoms with Crippen LogP contribution in [0.3, 0.4) is 0 Å². The van der Waals surface area contributed by atoms with Gasteiger partial charge in [0.15, 0.2) is 0 Å². The molecule has 0 aromatic heterocycles. The molecule has 0 aliphatic rings. The van der Waals surface area contributed by atoms with Gasteiger partial charge in [0.1, 0.15) is 0 Å². The lowest BCUT2D eigenvalue weighted by atomic mass is 10.0. The second-order valence-electron chi connectivity index (χ2n) is 3.46. The lowest BCUT2D eigenvalue weighted by Crippen LogP contribution is -2.15. The normalized spacial score (nSPS) is 12.8. The van der Waals surface area contributed by atoms with E-state index in [2.05, 4.69) is 24.3 Å². The van der Waals surface area contributed by atoms with Gasteiger partial charge in [0, 0.05) is 6.04 Å². The third-order valence-corrected chi connectivity index (χ3v) is 2.32. The van der Waals surface area contributed by atoms with E-state index in [0.29, 0.717) is 13.1 Å². The van der Waals surface area contributed by atoms with Crippen LogP contribution in [-0.2, 0) is 6.42 Å². The average molecular weight is 193 g/mol. The van der Waals surface area contributed by atoms with Gasteiger partial charge in [0.2, 0.25) is 0 Å². The van der Waals surface area contributed by atoms with Gasteiger partial charge in [-0.1, -0.05) is 24.3 Å². The highest BCUT2D eigenvalue weighted by atomic mass is 14.7. The molecule has 0 heterocycles. The van der Waals surface area contributed by atoms with E-state index < -0.39 is 0 Å². The Morgan fingerprint density at radius 1 is 1.00 bits per heavy atom. The van der Waals surface area contributed by atoms with Gasteiger partial charge in [-0.3, -0.25) is 0 Å². The highest BCUT2D eigenvalue weighted by molar-refractivity contribution is 5.25. The minimum atomic E-state index is 0.0620. The smallest absolute Gasteiger partial charge is 0.0306 e. The standard InChI is InChI=1S/C11H19N3/c12-7-5-9-1-3-10(4-2-9)11(14)6-8-13/h1-4,11H,5-8,12-14H2. The van der Waals surface area contributed by atoms with Crippen molar-refractivity contribution in [1.82, 2.24) is 0 Å². The molecule has 3 nitrogen and oxygen atoms in total. The second kappa shape index (κ2) is 5.75. The molecule has 0 spiro atoms. The first-order chi connectivity index (χ1) is 6.77. The fourth-order valence-corrected chi connectivity index (χ4v) is 1.44. The van der Waals surface area contributed by atoms with Crippen LogP contribution < -0.4 is 17.2 Å². The Kier molecular flexibility index (Phi) is 4.59. The zero-order chi connectivity index (χ0) is 10.4. The Morgan fingerprint density at radius 2 is 1.64 bits per heavy atom. The fraction of sp³-hybridized carbons (Fsp3) is 0.455. The van der Waals surface area contributed by atoms with Crippen molar-refractivity contribution in [3.8, 4) is 0 Å². The zero-order valence-electron chi connectivity index (χ0n) is 8.45. The van der Waals surface area contributed by atoms with Crippen LogP contribution in [0, 0.1) is 0 Å². The van der Waals surface area contributed by atoms with Crippen molar-refractivity contribution >= 4 is 0 Å². The molecular formula is C11H19N3. The van der Waals surface area contributed by atoms with Crippen molar-refractivity contribution in [1.29, 1.82) is 0 Å². The number of rotatable bonds is 5. The van der Waals surface area contributed by atoms with Gasteiger partial charge in [-0.25, -0.2) is 0 Å². The van der Waals surface area contributed by atoms with Crippen molar-refractivity contribution in [3.63, 3.8) is 0 Å². The Bertz CT molecular complexity index is 256. The van der Waals surface area contributed by atoms with Crippen LogP contribution in [-0.4, -0.2) is 13.1 Å². The average Bonchev–Trinajstić information content (AvgIpc) is 2.20. The van der Waals surface area contributed by atoms with Gasteiger partial charge < -0.3 is 17.2 Å². The predicted molar refractivity (Wildman–Crippen MR) is 59.8 cm³/mol. The first-order valence-electron chi connectivity index (χ1n) is 5.02. The van der Waals surface area contributed by atoms with E-state index in [1.54, 1.807) is 0 Å². The van der Waals surface area contributed by atoms with Gasteiger partial charge in [-0.2, -0.15) is 0 Å². The Morgan fingerprint density at radius 3 is 2.14 bits per heavy atom. The van der Waals surface area contributed by atoms with Gasteiger partial charge in [-0.05, 0) is 37.1 Å². The van der Waals surface area contributed by atoms with E-state index in [-0.39, 0.29) is 6.04 Å². The van der Waals surface area contributed by atoms with Gasteiger partial charge in [0.25, 0.3) is 0 Å². The first-order valence-corrected chi connectivity index (χ1v) is 5.02. The summed E-state index contributed by atoms with van der Waals surface area (Å²) in [5.41, 5.74) is 19.2. The molecule has 1 aromatic carbocycles. The van der Waals surface area contributed by atoms with E-state index in [4.69, 9.17) is 17.2 Å². The zero-order valence-corrected chi connectivity index (χ0v) is 8.45. The number of nitrogens with two attached hydrogens (primary N) is 3. The minimum Gasteiger partial charge on any atom is -0.330 e. The van der Waals surface area contributed by atoms with Crippen LogP contribution in [0.5, 0.6) is 0 Å². The quantitative estimate of drug-likeness (QED) is 0.638. The molecule has 0 saturated heterocycles. The lowest BCUT2D eigenvalue weighted by molar-refractivity contribution is 0.661. The topological polar surface area (TPSA) is 78.1 Å². The van der Waals surface area contributed by atoms with Crippen molar-refractivity contribution in [2.75, 3.05) is 13.1 Å². The highest BCUT2D eigenvalue weighted by Crippen LogP contribution is 2.14. The minimum absolute atomic E-state index is 0.0620. The summed E-state index contributed by atoms with van der Waals surface area (Å²) in [6.07, 6.45) is 1.75. The van der Waals surface area contributed by atoms with E-state index in [0.717, 1.165) is 18.4 Å². The van der Waals surface area contributed by atoms with Crippen LogP contribution in [0.15, 0.2) is 24.3 Å². The second-order valence-corrected chi connectivity index (χ2v) is 3.46. The Balaban J connectivity index is 2.62. The molecule has 1 aromatic rings. The van der Waals surface area contributed by atoms with E-state index in [1.807, 2.05) is 0 Å². The van der Waals surface area contributed by atoms with Crippen molar-refractivity contribution in [3.05, 3.63) is 35.4 Å². The summed E-state index contributed by atoms with van der Waals surface area (Å²) in [6, 6.07) is 8.35. The third-order valence-electron chi connectivity index (χ3n) is 2.32. The number of hydrogen-bond donors (Lipinski definition) is 3. The molecule has 0 fully saturated rings. The lowest BCUT2D eigenvalue weighted by Gasteiger charge is -2.10. The molecule has 1 rings (SSSR count). The molecule has 0 aliphatic heterocycles. The molecule has 1 unspecified atom stereocenters. The summed E-state index contributed by atoms with van der Waals surface area (Å²) >= 11 is 0. The van der Waals surface area contributed by atoms with Crippen LogP contribution in [0.4, 0.5) is 0 Å². The highest BCUT2D eigenvalue weighted by Gasteiger charge is 2.03. The maximum Gasteiger partial charge on any atom is 0.0306 e. The monoisotopic (exact) mass is 193 g/mol. The Labute approximate surface area is 85.3 Å². The molecule has 0 amide bonds. The molecule has 0 radical (unpaired) electrons. The van der Waals surface area contributed by atoms with Gasteiger partial charge in [0.05, 0.1) is 0 Å². The van der Waals surface area contributed by atoms with E-state index in [1.165, 1.54) is 5.56 Å². The number of hydrogen-bond acceptors (Lipinski definition) is 3. The summed E-state index contributed by atoms with van der Waals surface area (Å²) in [6.45, 7) is 1.32. The van der Waals surface area contributed by atoms with E-state index in [9.17, 15) is 0 Å². The van der Waals surface area contributed by atoms with E-state index >= 15 is 0 Å².